The molecular formula is C24H25N5O6. The van der Waals surface area contributed by atoms with Crippen molar-refractivity contribution in [2.45, 2.75) is 6.10 Å². The van der Waals surface area contributed by atoms with Crippen molar-refractivity contribution in [2.24, 2.45) is 5.73 Å². The van der Waals surface area contributed by atoms with E-state index in [1.54, 1.807) is 36.5 Å². The average molecular weight is 479 g/mol. The molecule has 0 saturated heterocycles. The molecule has 4 rings (SSSR count). The maximum atomic E-state index is 12.4. The van der Waals surface area contributed by atoms with Crippen LogP contribution >= 0.6 is 0 Å². The van der Waals surface area contributed by atoms with E-state index in [0.29, 0.717) is 40.6 Å². The normalized spacial score (nSPS) is 14.4. The number of rotatable bonds is 11. The number of carbonyl (C=O) groups excluding carboxylic acids is 2. The molecule has 2 amide bonds. The molecule has 11 heteroatoms. The lowest BCUT2D eigenvalue weighted by Crippen LogP contribution is -2.33. The number of H-pyrrole nitrogens is 1. The summed E-state index contributed by atoms with van der Waals surface area (Å²) in [5.41, 5.74) is 7.58. The van der Waals surface area contributed by atoms with Gasteiger partial charge in [0.25, 0.3) is 11.8 Å². The highest BCUT2D eigenvalue weighted by molar-refractivity contribution is 6.35. The van der Waals surface area contributed by atoms with Crippen LogP contribution in [0.3, 0.4) is 0 Å². The number of aliphatic hydroxyl groups excluding tert-OH is 1. The molecule has 0 saturated carbocycles. The standard InChI is InChI=1S/C24H25N5O6/c25-23(32)17-11-16(4-5-20(17)31)34-9-8-26-12-15(30)13-35-21-3-1-2-19-22(21)18(24(33)28-19)10-14-6-7-27-29-14/h1-7,10-11,15,26,30-31H,8-9,12-13H2,(H2,25,32)(H,27,29)(H,28,33)/b18-10-. The second kappa shape index (κ2) is 10.7. The van der Waals surface area contributed by atoms with Gasteiger partial charge >= 0.3 is 0 Å². The van der Waals surface area contributed by atoms with Crippen LogP contribution < -0.4 is 25.8 Å². The molecule has 1 unspecified atom stereocenters. The molecule has 3 aromatic rings. The van der Waals surface area contributed by atoms with Crippen molar-refractivity contribution in [3.05, 3.63) is 65.5 Å². The van der Waals surface area contributed by atoms with Gasteiger partial charge in [-0.1, -0.05) is 6.07 Å². The summed E-state index contributed by atoms with van der Waals surface area (Å²) in [6.07, 6.45) is 2.48. The first-order chi connectivity index (χ1) is 16.9. The van der Waals surface area contributed by atoms with E-state index < -0.39 is 12.0 Å². The van der Waals surface area contributed by atoms with Crippen molar-refractivity contribution in [2.75, 3.05) is 31.6 Å². The minimum absolute atomic E-state index is 0.00969. The largest absolute Gasteiger partial charge is 0.507 e. The number of aromatic nitrogens is 2. The van der Waals surface area contributed by atoms with Gasteiger partial charge in [0.05, 0.1) is 28.1 Å². The Kier molecular flexibility index (Phi) is 7.29. The molecule has 11 nitrogen and oxygen atoms in total. The van der Waals surface area contributed by atoms with Crippen LogP contribution in [0.1, 0.15) is 21.6 Å². The van der Waals surface area contributed by atoms with Crippen molar-refractivity contribution < 1.29 is 29.3 Å². The predicted molar refractivity (Wildman–Crippen MR) is 128 cm³/mol. The Balaban J connectivity index is 1.26. The van der Waals surface area contributed by atoms with Crippen molar-refractivity contribution in [1.82, 2.24) is 15.5 Å². The van der Waals surface area contributed by atoms with E-state index in [1.165, 1.54) is 18.2 Å². The van der Waals surface area contributed by atoms with E-state index in [2.05, 4.69) is 20.8 Å². The van der Waals surface area contributed by atoms with Crippen molar-refractivity contribution in [1.29, 1.82) is 0 Å². The molecule has 182 valence electrons. The number of aromatic amines is 1. The number of primary amides is 1. The van der Waals surface area contributed by atoms with Crippen LogP contribution in [-0.4, -0.2) is 64.6 Å². The fourth-order valence-corrected chi connectivity index (χ4v) is 3.53. The van der Waals surface area contributed by atoms with Crippen LogP contribution in [0.2, 0.25) is 0 Å². The fraction of sp³-hybridized carbons (Fsp3) is 0.208. The number of aliphatic hydroxyl groups is 1. The number of fused-ring (bicyclic) bond motifs is 1. The quantitative estimate of drug-likeness (QED) is 0.175. The summed E-state index contributed by atoms with van der Waals surface area (Å²) in [4.78, 5) is 23.7. The molecule has 1 aromatic heterocycles. The summed E-state index contributed by atoms with van der Waals surface area (Å²) in [5.74, 6) is -0.333. The summed E-state index contributed by atoms with van der Waals surface area (Å²) >= 11 is 0. The number of nitrogens with one attached hydrogen (secondary N) is 3. The highest BCUT2D eigenvalue weighted by Crippen LogP contribution is 2.39. The van der Waals surface area contributed by atoms with Gasteiger partial charge < -0.3 is 36.1 Å². The molecule has 2 heterocycles. The SMILES string of the molecule is NC(=O)c1cc(OCCNCC(O)COc2cccc3c2/C(=C/c2ccn[nH]2)C(=O)N3)ccc1O. The smallest absolute Gasteiger partial charge is 0.256 e. The number of hydrogen-bond acceptors (Lipinski definition) is 8. The molecule has 0 fully saturated rings. The second-order valence-corrected chi connectivity index (χ2v) is 7.76. The topological polar surface area (TPSA) is 172 Å². The minimum Gasteiger partial charge on any atom is -0.507 e. The van der Waals surface area contributed by atoms with Gasteiger partial charge in [-0.25, -0.2) is 0 Å². The number of anilines is 1. The average Bonchev–Trinajstić information content (AvgIpc) is 3.46. The Bertz CT molecular complexity index is 1240. The van der Waals surface area contributed by atoms with Gasteiger partial charge in [0.1, 0.15) is 36.6 Å². The molecule has 1 atom stereocenters. The Morgan fingerprint density at radius 3 is 2.86 bits per heavy atom. The Morgan fingerprint density at radius 1 is 1.23 bits per heavy atom. The summed E-state index contributed by atoms with van der Waals surface area (Å²) in [6, 6.07) is 11.3. The first-order valence-corrected chi connectivity index (χ1v) is 10.9. The van der Waals surface area contributed by atoms with E-state index in [4.69, 9.17) is 15.2 Å². The molecule has 0 bridgehead atoms. The highest BCUT2D eigenvalue weighted by Gasteiger charge is 2.28. The lowest BCUT2D eigenvalue weighted by atomic mass is 10.0. The number of ether oxygens (including phenoxy) is 2. The number of phenols is 1. The second-order valence-electron chi connectivity index (χ2n) is 7.76. The van der Waals surface area contributed by atoms with Crippen LogP contribution in [0.15, 0.2) is 48.7 Å². The van der Waals surface area contributed by atoms with Crippen molar-refractivity contribution >= 4 is 29.2 Å². The maximum Gasteiger partial charge on any atom is 0.256 e. The summed E-state index contributed by atoms with van der Waals surface area (Å²) in [7, 11) is 0. The number of hydrogen-bond donors (Lipinski definition) is 6. The molecule has 0 aliphatic carbocycles. The Hall–Kier alpha value is -4.35. The fourth-order valence-electron chi connectivity index (χ4n) is 3.53. The lowest BCUT2D eigenvalue weighted by molar-refractivity contribution is -0.110. The molecule has 2 aromatic carbocycles. The third-order valence-corrected chi connectivity index (χ3v) is 5.20. The lowest BCUT2D eigenvalue weighted by Gasteiger charge is -2.15. The van der Waals surface area contributed by atoms with Gasteiger partial charge in [-0.3, -0.25) is 14.7 Å². The number of aromatic hydroxyl groups is 1. The number of nitrogens with zero attached hydrogens (tertiary/aromatic N) is 1. The van der Waals surface area contributed by atoms with Gasteiger partial charge in [-0.05, 0) is 42.5 Å². The molecule has 35 heavy (non-hydrogen) atoms. The molecule has 7 N–H and O–H groups in total. The van der Waals surface area contributed by atoms with Gasteiger partial charge in [-0.2, -0.15) is 5.10 Å². The maximum absolute atomic E-state index is 12.4. The van der Waals surface area contributed by atoms with Gasteiger partial charge in [0.2, 0.25) is 0 Å². The summed E-state index contributed by atoms with van der Waals surface area (Å²) in [6.45, 7) is 0.933. The Labute approximate surface area is 200 Å². The number of carbonyl (C=O) groups is 2. The van der Waals surface area contributed by atoms with E-state index in [9.17, 15) is 19.8 Å². The third-order valence-electron chi connectivity index (χ3n) is 5.20. The van der Waals surface area contributed by atoms with Gasteiger partial charge in [0, 0.05) is 19.3 Å². The molecule has 0 spiro atoms. The first-order valence-electron chi connectivity index (χ1n) is 10.9. The summed E-state index contributed by atoms with van der Waals surface area (Å²) < 4.78 is 11.4. The van der Waals surface area contributed by atoms with Crippen LogP contribution in [0.5, 0.6) is 17.2 Å². The number of benzene rings is 2. The monoisotopic (exact) mass is 479 g/mol. The zero-order valence-electron chi connectivity index (χ0n) is 18.7. The molecule has 0 radical (unpaired) electrons. The molecular weight excluding hydrogens is 454 g/mol. The van der Waals surface area contributed by atoms with Crippen LogP contribution in [0.25, 0.3) is 11.6 Å². The molecule has 1 aliphatic heterocycles. The first kappa shape index (κ1) is 23.8. The predicted octanol–water partition coefficient (Wildman–Crippen LogP) is 1.12. The minimum atomic E-state index is -0.814. The number of amides is 2. The number of nitrogens with two attached hydrogens (primary N) is 1. The van der Waals surface area contributed by atoms with E-state index >= 15 is 0 Å². The van der Waals surface area contributed by atoms with E-state index in [-0.39, 0.29) is 37.0 Å². The van der Waals surface area contributed by atoms with E-state index in [1.807, 2.05) is 0 Å². The van der Waals surface area contributed by atoms with Crippen LogP contribution in [-0.2, 0) is 4.79 Å². The zero-order valence-corrected chi connectivity index (χ0v) is 18.7. The van der Waals surface area contributed by atoms with Gasteiger partial charge in [0.15, 0.2) is 0 Å². The van der Waals surface area contributed by atoms with Crippen LogP contribution in [0.4, 0.5) is 5.69 Å². The van der Waals surface area contributed by atoms with Crippen molar-refractivity contribution in [3.63, 3.8) is 0 Å². The Morgan fingerprint density at radius 2 is 2.09 bits per heavy atom. The molecule has 1 aliphatic rings. The van der Waals surface area contributed by atoms with Gasteiger partial charge in [-0.15, -0.1) is 0 Å². The zero-order chi connectivity index (χ0) is 24.8. The third kappa shape index (κ3) is 5.78. The highest BCUT2D eigenvalue weighted by atomic mass is 16.5. The van der Waals surface area contributed by atoms with E-state index in [0.717, 1.165) is 0 Å². The van der Waals surface area contributed by atoms with Crippen molar-refractivity contribution in [3.8, 4) is 17.2 Å². The summed E-state index contributed by atoms with van der Waals surface area (Å²) in [5, 5.41) is 32.5. The van der Waals surface area contributed by atoms with Crippen LogP contribution in [0, 0.1) is 0 Å².